The van der Waals surface area contributed by atoms with Crippen LogP contribution in [0, 0.1) is 6.92 Å². The maximum Gasteiger partial charge on any atom is 0.238 e. The van der Waals surface area contributed by atoms with Crippen LogP contribution in [0.3, 0.4) is 0 Å². The van der Waals surface area contributed by atoms with Crippen LogP contribution in [-0.2, 0) is 16.4 Å². The van der Waals surface area contributed by atoms with Gasteiger partial charge in [-0.25, -0.2) is 23.2 Å². The van der Waals surface area contributed by atoms with Crippen molar-refractivity contribution in [2.45, 2.75) is 18.2 Å². The van der Waals surface area contributed by atoms with Gasteiger partial charge in [0.1, 0.15) is 5.69 Å². The standard InChI is InChI=1S/C21H18N4O3S2/c1-14-19(11-15-7-9-18(10-8-15)30(22,27)28)20(16-5-3-2-4-6-16)24-25(14)21-23-17(12-26)13-29-21/h2-10,12-13H,11H2,1H3,(H2,22,27,28). The molecule has 0 bridgehead atoms. The van der Waals surface area contributed by atoms with Crippen molar-refractivity contribution in [3.8, 4) is 16.4 Å². The lowest BCUT2D eigenvalue weighted by Gasteiger charge is -2.06. The lowest BCUT2D eigenvalue weighted by atomic mass is 9.99. The summed E-state index contributed by atoms with van der Waals surface area (Å²) in [6.07, 6.45) is 1.26. The predicted octanol–water partition coefficient (Wildman–Crippen LogP) is 3.35. The van der Waals surface area contributed by atoms with E-state index in [1.165, 1.54) is 23.5 Å². The van der Waals surface area contributed by atoms with Crippen molar-refractivity contribution in [3.05, 3.63) is 82.5 Å². The molecule has 4 aromatic rings. The van der Waals surface area contributed by atoms with Crippen molar-refractivity contribution < 1.29 is 13.2 Å². The minimum Gasteiger partial charge on any atom is -0.296 e. The van der Waals surface area contributed by atoms with Gasteiger partial charge in [0.2, 0.25) is 15.2 Å². The minimum absolute atomic E-state index is 0.0751. The van der Waals surface area contributed by atoms with Crippen LogP contribution in [0.25, 0.3) is 16.4 Å². The number of aromatic nitrogens is 3. The summed E-state index contributed by atoms with van der Waals surface area (Å²) in [5, 5.41) is 12.3. The van der Waals surface area contributed by atoms with Crippen molar-refractivity contribution in [3.63, 3.8) is 0 Å². The molecule has 2 heterocycles. The Morgan fingerprint density at radius 3 is 2.40 bits per heavy atom. The Bertz CT molecular complexity index is 1310. The summed E-state index contributed by atoms with van der Waals surface area (Å²) in [7, 11) is -3.74. The molecule has 0 saturated heterocycles. The maximum absolute atomic E-state index is 11.5. The Morgan fingerprint density at radius 2 is 1.80 bits per heavy atom. The number of sulfonamides is 1. The fraction of sp³-hybridized carbons (Fsp3) is 0.0952. The molecular weight excluding hydrogens is 420 g/mol. The molecule has 0 spiro atoms. The highest BCUT2D eigenvalue weighted by atomic mass is 32.2. The molecule has 0 radical (unpaired) electrons. The number of carbonyl (C=O) groups is 1. The van der Waals surface area contributed by atoms with Crippen LogP contribution >= 0.6 is 11.3 Å². The van der Waals surface area contributed by atoms with E-state index in [9.17, 15) is 13.2 Å². The zero-order chi connectivity index (χ0) is 21.3. The van der Waals surface area contributed by atoms with Crippen molar-refractivity contribution >= 4 is 27.6 Å². The minimum atomic E-state index is -3.74. The first kappa shape index (κ1) is 20.1. The molecule has 0 aliphatic rings. The summed E-state index contributed by atoms with van der Waals surface area (Å²) in [5.74, 6) is 0. The van der Waals surface area contributed by atoms with Crippen LogP contribution in [0.1, 0.15) is 27.3 Å². The molecule has 30 heavy (non-hydrogen) atoms. The molecule has 0 saturated carbocycles. The van der Waals surface area contributed by atoms with Gasteiger partial charge in [0.25, 0.3) is 0 Å². The van der Waals surface area contributed by atoms with Crippen LogP contribution in [0.5, 0.6) is 0 Å². The third-order valence-corrected chi connectivity index (χ3v) is 6.50. The molecule has 2 aromatic heterocycles. The first-order valence-electron chi connectivity index (χ1n) is 9.03. The number of aldehydes is 1. The summed E-state index contributed by atoms with van der Waals surface area (Å²) < 4.78 is 24.8. The monoisotopic (exact) mass is 438 g/mol. The molecule has 2 N–H and O–H groups in total. The van der Waals surface area contributed by atoms with E-state index in [-0.39, 0.29) is 4.90 Å². The number of hydrogen-bond acceptors (Lipinski definition) is 6. The number of nitrogens with zero attached hydrogens (tertiary/aromatic N) is 3. The van der Waals surface area contributed by atoms with E-state index in [2.05, 4.69) is 4.98 Å². The zero-order valence-electron chi connectivity index (χ0n) is 16.0. The van der Waals surface area contributed by atoms with Gasteiger partial charge in [-0.1, -0.05) is 42.5 Å². The second kappa shape index (κ2) is 7.94. The van der Waals surface area contributed by atoms with E-state index in [1.54, 1.807) is 22.2 Å². The fourth-order valence-corrected chi connectivity index (χ4v) is 4.47. The van der Waals surface area contributed by atoms with E-state index < -0.39 is 10.0 Å². The highest BCUT2D eigenvalue weighted by molar-refractivity contribution is 7.89. The van der Waals surface area contributed by atoms with Gasteiger partial charge in [0.15, 0.2) is 6.29 Å². The molecule has 7 nitrogen and oxygen atoms in total. The third kappa shape index (κ3) is 3.95. The molecule has 4 rings (SSSR count). The molecular formula is C21H18N4O3S2. The Kier molecular flexibility index (Phi) is 5.33. The second-order valence-corrected chi connectivity index (χ2v) is 9.13. The Morgan fingerprint density at radius 1 is 1.10 bits per heavy atom. The summed E-state index contributed by atoms with van der Waals surface area (Å²) >= 11 is 1.35. The molecule has 152 valence electrons. The lowest BCUT2D eigenvalue weighted by molar-refractivity contribution is 0.111. The van der Waals surface area contributed by atoms with E-state index in [0.717, 1.165) is 28.1 Å². The molecule has 0 aliphatic carbocycles. The summed E-state index contributed by atoms with van der Waals surface area (Å²) in [5.41, 5.74) is 4.96. The van der Waals surface area contributed by atoms with Crippen LogP contribution in [0.2, 0.25) is 0 Å². The maximum atomic E-state index is 11.5. The molecule has 0 atom stereocenters. The predicted molar refractivity (Wildman–Crippen MR) is 115 cm³/mol. The summed E-state index contributed by atoms with van der Waals surface area (Å²) in [4.78, 5) is 15.4. The van der Waals surface area contributed by atoms with Crippen LogP contribution in [-0.4, -0.2) is 29.5 Å². The van der Waals surface area contributed by atoms with Gasteiger partial charge < -0.3 is 0 Å². The van der Waals surface area contributed by atoms with Gasteiger partial charge in [-0.05, 0) is 24.6 Å². The number of nitrogens with two attached hydrogens (primary N) is 1. The third-order valence-electron chi connectivity index (χ3n) is 4.73. The van der Waals surface area contributed by atoms with Crippen molar-refractivity contribution in [1.29, 1.82) is 0 Å². The highest BCUT2D eigenvalue weighted by Gasteiger charge is 2.19. The Labute approximate surface area is 177 Å². The van der Waals surface area contributed by atoms with E-state index in [1.807, 2.05) is 37.3 Å². The average molecular weight is 439 g/mol. The van der Waals surface area contributed by atoms with Gasteiger partial charge in [-0.15, -0.1) is 11.3 Å². The zero-order valence-corrected chi connectivity index (χ0v) is 17.7. The second-order valence-electron chi connectivity index (χ2n) is 6.73. The van der Waals surface area contributed by atoms with Crippen molar-refractivity contribution in [1.82, 2.24) is 14.8 Å². The number of primary sulfonamides is 1. The quantitative estimate of drug-likeness (QED) is 0.465. The Balaban J connectivity index is 1.80. The smallest absolute Gasteiger partial charge is 0.238 e. The Hall–Kier alpha value is -3.14. The first-order chi connectivity index (χ1) is 14.4. The van der Waals surface area contributed by atoms with Crippen LogP contribution in [0.15, 0.2) is 64.9 Å². The topological polar surface area (TPSA) is 108 Å². The summed E-state index contributed by atoms with van der Waals surface area (Å²) in [6.45, 7) is 1.95. The molecule has 0 fully saturated rings. The molecule has 0 unspecified atom stereocenters. The molecule has 0 aliphatic heterocycles. The van der Waals surface area contributed by atoms with E-state index in [4.69, 9.17) is 10.2 Å². The van der Waals surface area contributed by atoms with Gasteiger partial charge >= 0.3 is 0 Å². The normalized spacial score (nSPS) is 11.5. The number of carbonyl (C=O) groups excluding carboxylic acids is 1. The van der Waals surface area contributed by atoms with Crippen molar-refractivity contribution in [2.24, 2.45) is 5.14 Å². The number of benzene rings is 2. The first-order valence-corrected chi connectivity index (χ1v) is 11.5. The van der Waals surface area contributed by atoms with E-state index >= 15 is 0 Å². The fourth-order valence-electron chi connectivity index (χ4n) is 3.19. The van der Waals surface area contributed by atoms with E-state index in [0.29, 0.717) is 23.5 Å². The highest BCUT2D eigenvalue weighted by Crippen LogP contribution is 2.30. The van der Waals surface area contributed by atoms with Gasteiger partial charge in [0, 0.05) is 28.6 Å². The number of rotatable bonds is 6. The van der Waals surface area contributed by atoms with Crippen LogP contribution < -0.4 is 5.14 Å². The number of thiazole rings is 1. The molecule has 9 heteroatoms. The van der Waals surface area contributed by atoms with Crippen LogP contribution in [0.4, 0.5) is 0 Å². The summed E-state index contributed by atoms with van der Waals surface area (Å²) in [6, 6.07) is 16.3. The van der Waals surface area contributed by atoms with Gasteiger partial charge in [-0.3, -0.25) is 4.79 Å². The van der Waals surface area contributed by atoms with Crippen molar-refractivity contribution in [2.75, 3.05) is 0 Å². The van der Waals surface area contributed by atoms with Gasteiger partial charge in [0.05, 0.1) is 10.6 Å². The average Bonchev–Trinajstić information content (AvgIpc) is 3.33. The lowest BCUT2D eigenvalue weighted by Crippen LogP contribution is -2.11. The van der Waals surface area contributed by atoms with Gasteiger partial charge in [-0.2, -0.15) is 5.10 Å². The SMILES string of the molecule is Cc1c(Cc2ccc(S(N)(=O)=O)cc2)c(-c2ccccc2)nn1-c1nc(C=O)cs1. The largest absolute Gasteiger partial charge is 0.296 e. The molecule has 2 aromatic carbocycles. The number of hydrogen-bond donors (Lipinski definition) is 1. The molecule has 0 amide bonds.